The predicted octanol–water partition coefficient (Wildman–Crippen LogP) is 2.23. The molecule has 0 aliphatic carbocycles. The number of ether oxygens (including phenoxy) is 1. The van der Waals surface area contributed by atoms with Crippen molar-refractivity contribution in [3.05, 3.63) is 35.6 Å². The van der Waals surface area contributed by atoms with Gasteiger partial charge in [0.05, 0.1) is 6.61 Å². The standard InChI is InChI=1S/C10H11F4NO/c11-8-4-2-1-3-7(8)6-16-9(5-15)10(12,13)14/h1-4,9H,5-6,15H2. The van der Waals surface area contributed by atoms with E-state index in [1.807, 2.05) is 0 Å². The molecule has 6 heteroatoms. The summed E-state index contributed by atoms with van der Waals surface area (Å²) < 4.78 is 54.3. The number of alkyl halides is 3. The molecule has 2 nitrogen and oxygen atoms in total. The van der Waals surface area contributed by atoms with E-state index in [1.54, 1.807) is 0 Å². The van der Waals surface area contributed by atoms with Gasteiger partial charge in [-0.15, -0.1) is 0 Å². The summed E-state index contributed by atoms with van der Waals surface area (Å²) in [7, 11) is 0. The van der Waals surface area contributed by atoms with Gasteiger partial charge in [0.15, 0.2) is 6.10 Å². The van der Waals surface area contributed by atoms with Gasteiger partial charge >= 0.3 is 6.18 Å². The number of hydrogen-bond donors (Lipinski definition) is 1. The lowest BCUT2D eigenvalue weighted by Crippen LogP contribution is -2.38. The van der Waals surface area contributed by atoms with E-state index in [0.717, 1.165) is 6.07 Å². The van der Waals surface area contributed by atoms with E-state index in [1.165, 1.54) is 18.2 Å². The van der Waals surface area contributed by atoms with Gasteiger partial charge in [0.25, 0.3) is 0 Å². The van der Waals surface area contributed by atoms with Crippen molar-refractivity contribution >= 4 is 0 Å². The highest BCUT2D eigenvalue weighted by atomic mass is 19.4. The van der Waals surface area contributed by atoms with Crippen LogP contribution in [0, 0.1) is 5.82 Å². The molecule has 1 atom stereocenters. The van der Waals surface area contributed by atoms with Crippen LogP contribution in [0.3, 0.4) is 0 Å². The second kappa shape index (κ2) is 5.27. The molecule has 0 aliphatic heterocycles. The minimum absolute atomic E-state index is 0.0743. The smallest absolute Gasteiger partial charge is 0.363 e. The third-order valence-corrected chi connectivity index (χ3v) is 1.98. The number of nitrogens with two attached hydrogens (primary N) is 1. The fourth-order valence-electron chi connectivity index (χ4n) is 1.10. The molecule has 0 amide bonds. The van der Waals surface area contributed by atoms with Crippen LogP contribution in [0.2, 0.25) is 0 Å². The summed E-state index contributed by atoms with van der Waals surface area (Å²) in [5.74, 6) is -0.597. The zero-order chi connectivity index (χ0) is 12.2. The largest absolute Gasteiger partial charge is 0.415 e. The van der Waals surface area contributed by atoms with Gasteiger partial charge in [-0.05, 0) is 6.07 Å². The molecule has 0 saturated heterocycles. The fraction of sp³-hybridized carbons (Fsp3) is 0.400. The predicted molar refractivity (Wildman–Crippen MR) is 50.1 cm³/mol. The molecule has 0 spiro atoms. The van der Waals surface area contributed by atoms with Crippen LogP contribution in [-0.2, 0) is 11.3 Å². The van der Waals surface area contributed by atoms with Crippen LogP contribution in [0.25, 0.3) is 0 Å². The van der Waals surface area contributed by atoms with Crippen LogP contribution in [0.1, 0.15) is 5.56 Å². The number of rotatable bonds is 4. The van der Waals surface area contributed by atoms with Gasteiger partial charge in [-0.25, -0.2) is 4.39 Å². The highest BCUT2D eigenvalue weighted by molar-refractivity contribution is 5.16. The first-order valence-electron chi connectivity index (χ1n) is 4.57. The van der Waals surface area contributed by atoms with Crippen LogP contribution < -0.4 is 5.73 Å². The van der Waals surface area contributed by atoms with Gasteiger partial charge in [-0.3, -0.25) is 0 Å². The number of hydrogen-bond acceptors (Lipinski definition) is 2. The molecule has 16 heavy (non-hydrogen) atoms. The van der Waals surface area contributed by atoms with Gasteiger partial charge in [-0.2, -0.15) is 13.2 Å². The normalized spacial score (nSPS) is 13.8. The van der Waals surface area contributed by atoms with Gasteiger partial charge in [-0.1, -0.05) is 18.2 Å². The van der Waals surface area contributed by atoms with Gasteiger partial charge in [0, 0.05) is 12.1 Å². The van der Waals surface area contributed by atoms with Crippen LogP contribution in [0.5, 0.6) is 0 Å². The third kappa shape index (κ3) is 3.46. The first kappa shape index (κ1) is 12.9. The summed E-state index contributed by atoms with van der Waals surface area (Å²) in [6, 6.07) is 5.48. The van der Waals surface area contributed by atoms with Gasteiger partial charge in [0.2, 0.25) is 0 Å². The molecular weight excluding hydrogens is 226 g/mol. The molecule has 1 aromatic rings. The monoisotopic (exact) mass is 237 g/mol. The molecule has 0 bridgehead atoms. The Kier molecular flexibility index (Phi) is 4.26. The lowest BCUT2D eigenvalue weighted by molar-refractivity contribution is -0.220. The summed E-state index contributed by atoms with van der Waals surface area (Å²) >= 11 is 0. The van der Waals surface area contributed by atoms with E-state index in [2.05, 4.69) is 4.74 Å². The molecule has 1 rings (SSSR count). The average Bonchev–Trinajstić information content (AvgIpc) is 2.19. The van der Waals surface area contributed by atoms with E-state index in [0.29, 0.717) is 0 Å². The summed E-state index contributed by atoms with van der Waals surface area (Å²) in [4.78, 5) is 0. The van der Waals surface area contributed by atoms with Gasteiger partial charge in [0.1, 0.15) is 5.82 Å². The Labute approximate surface area is 90.0 Å². The molecule has 90 valence electrons. The highest BCUT2D eigenvalue weighted by Crippen LogP contribution is 2.23. The quantitative estimate of drug-likeness (QED) is 0.815. The topological polar surface area (TPSA) is 35.2 Å². The molecule has 2 N–H and O–H groups in total. The average molecular weight is 237 g/mol. The van der Waals surface area contributed by atoms with Crippen molar-refractivity contribution in [2.24, 2.45) is 5.73 Å². The molecule has 0 saturated carbocycles. The maximum absolute atomic E-state index is 13.0. The molecule has 0 aliphatic rings. The van der Waals surface area contributed by atoms with E-state index >= 15 is 0 Å². The Morgan fingerprint density at radius 1 is 1.25 bits per heavy atom. The number of benzene rings is 1. The maximum atomic E-state index is 13.0. The summed E-state index contributed by atoms with van der Waals surface area (Å²) in [5.41, 5.74) is 5.00. The SMILES string of the molecule is NCC(OCc1ccccc1F)C(F)(F)F. The zero-order valence-electron chi connectivity index (χ0n) is 8.30. The Balaban J connectivity index is 2.60. The molecule has 0 heterocycles. The highest BCUT2D eigenvalue weighted by Gasteiger charge is 2.39. The summed E-state index contributed by atoms with van der Waals surface area (Å²) in [6.07, 6.45) is -6.59. The van der Waals surface area contributed by atoms with Crippen molar-refractivity contribution in [1.82, 2.24) is 0 Å². The van der Waals surface area contributed by atoms with Crippen LogP contribution in [-0.4, -0.2) is 18.8 Å². The summed E-state index contributed by atoms with van der Waals surface area (Å²) in [6.45, 7) is -1.13. The maximum Gasteiger partial charge on any atom is 0.415 e. The van der Waals surface area contributed by atoms with Crippen molar-refractivity contribution in [1.29, 1.82) is 0 Å². The molecule has 0 radical (unpaired) electrons. The molecule has 0 aromatic heterocycles. The minimum Gasteiger partial charge on any atom is -0.363 e. The fourth-order valence-corrected chi connectivity index (χ4v) is 1.10. The van der Waals surface area contributed by atoms with Crippen molar-refractivity contribution in [2.45, 2.75) is 18.9 Å². The second-order valence-electron chi connectivity index (χ2n) is 3.17. The second-order valence-corrected chi connectivity index (χ2v) is 3.17. The molecule has 0 fully saturated rings. The Hall–Kier alpha value is -1.14. The van der Waals surface area contributed by atoms with E-state index in [4.69, 9.17) is 5.73 Å². The number of halogens is 4. The van der Waals surface area contributed by atoms with Gasteiger partial charge < -0.3 is 10.5 Å². The van der Waals surface area contributed by atoms with E-state index in [9.17, 15) is 17.6 Å². The van der Waals surface area contributed by atoms with Crippen molar-refractivity contribution < 1.29 is 22.3 Å². The first-order chi connectivity index (χ1) is 7.45. The summed E-state index contributed by atoms with van der Waals surface area (Å²) in [5, 5.41) is 0. The Bertz CT molecular complexity index is 340. The van der Waals surface area contributed by atoms with Crippen LogP contribution in [0.4, 0.5) is 17.6 Å². The van der Waals surface area contributed by atoms with E-state index < -0.39 is 31.2 Å². The Morgan fingerprint density at radius 2 is 1.88 bits per heavy atom. The van der Waals surface area contributed by atoms with E-state index in [-0.39, 0.29) is 5.56 Å². The van der Waals surface area contributed by atoms with Crippen molar-refractivity contribution in [3.8, 4) is 0 Å². The first-order valence-corrected chi connectivity index (χ1v) is 4.57. The molecule has 1 aromatic carbocycles. The zero-order valence-corrected chi connectivity index (χ0v) is 8.30. The van der Waals surface area contributed by atoms with Crippen LogP contribution in [0.15, 0.2) is 24.3 Å². The molecular formula is C10H11F4NO. The third-order valence-electron chi connectivity index (χ3n) is 1.98. The molecule has 1 unspecified atom stereocenters. The lowest BCUT2D eigenvalue weighted by atomic mass is 10.2. The lowest BCUT2D eigenvalue weighted by Gasteiger charge is -2.19. The van der Waals surface area contributed by atoms with Crippen molar-refractivity contribution in [2.75, 3.05) is 6.54 Å². The van der Waals surface area contributed by atoms with Crippen LogP contribution >= 0.6 is 0 Å². The Morgan fingerprint density at radius 3 is 2.38 bits per heavy atom. The minimum atomic E-state index is -4.53. The van der Waals surface area contributed by atoms with Crippen molar-refractivity contribution in [3.63, 3.8) is 0 Å².